The van der Waals surface area contributed by atoms with Gasteiger partial charge in [0.25, 0.3) is 0 Å². The van der Waals surface area contributed by atoms with Crippen LogP contribution < -0.4 is 11.3 Å². The Labute approximate surface area is 125 Å². The van der Waals surface area contributed by atoms with Crippen LogP contribution in [-0.2, 0) is 13.5 Å². The minimum absolute atomic E-state index is 0.372. The lowest BCUT2D eigenvalue weighted by Crippen LogP contribution is -2.39. The zero-order valence-electron chi connectivity index (χ0n) is 12.6. The molecule has 0 saturated heterocycles. The first-order chi connectivity index (χ1) is 10.3. The third-order valence-electron chi connectivity index (χ3n) is 5.65. The molecule has 2 aliphatic carbocycles. The number of hydrazine groups is 1. The third-order valence-corrected chi connectivity index (χ3v) is 5.65. The number of nitrogens with zero attached hydrogens (tertiary/aromatic N) is 2. The molecule has 0 aliphatic heterocycles. The van der Waals surface area contributed by atoms with Gasteiger partial charge in [0.1, 0.15) is 0 Å². The van der Waals surface area contributed by atoms with E-state index >= 15 is 0 Å². The molecule has 21 heavy (non-hydrogen) atoms. The highest BCUT2D eigenvalue weighted by Crippen LogP contribution is 2.57. The normalized spacial score (nSPS) is 29.3. The SMILES string of the molecule is Cn1nc(CC(NN)C2C3CCCCC32)c2ccccc21. The fraction of sp³-hybridized carbons (Fsp3) is 0.588. The number of hydrogen-bond acceptors (Lipinski definition) is 3. The molecule has 4 heteroatoms. The number of benzene rings is 1. The van der Waals surface area contributed by atoms with Crippen LogP contribution in [0.3, 0.4) is 0 Å². The molecule has 2 aromatic rings. The van der Waals surface area contributed by atoms with E-state index in [1.165, 1.54) is 42.3 Å². The van der Waals surface area contributed by atoms with Gasteiger partial charge in [0.15, 0.2) is 0 Å². The van der Waals surface area contributed by atoms with Gasteiger partial charge in [-0.1, -0.05) is 31.0 Å². The Bertz CT molecular complexity index is 635. The van der Waals surface area contributed by atoms with Crippen LogP contribution in [0.25, 0.3) is 10.9 Å². The molecule has 1 aromatic carbocycles. The molecule has 2 saturated carbocycles. The highest BCUT2D eigenvalue weighted by Gasteiger charge is 2.53. The summed E-state index contributed by atoms with van der Waals surface area (Å²) in [6.07, 6.45) is 6.55. The Hall–Kier alpha value is -1.39. The van der Waals surface area contributed by atoms with Crippen molar-refractivity contribution in [2.45, 2.75) is 38.1 Å². The van der Waals surface area contributed by atoms with E-state index < -0.39 is 0 Å². The number of rotatable bonds is 4. The highest BCUT2D eigenvalue weighted by atomic mass is 15.3. The van der Waals surface area contributed by atoms with Gasteiger partial charge < -0.3 is 0 Å². The highest BCUT2D eigenvalue weighted by molar-refractivity contribution is 5.81. The Balaban J connectivity index is 1.58. The number of nitrogens with two attached hydrogens (primary N) is 1. The van der Waals surface area contributed by atoms with Crippen LogP contribution in [0.15, 0.2) is 24.3 Å². The molecule has 3 atom stereocenters. The molecule has 1 heterocycles. The monoisotopic (exact) mass is 284 g/mol. The van der Waals surface area contributed by atoms with E-state index in [2.05, 4.69) is 29.7 Å². The zero-order chi connectivity index (χ0) is 14.4. The van der Waals surface area contributed by atoms with Crippen LogP contribution in [-0.4, -0.2) is 15.8 Å². The number of hydrogen-bond donors (Lipinski definition) is 2. The van der Waals surface area contributed by atoms with E-state index in [1.54, 1.807) is 0 Å². The minimum atomic E-state index is 0.372. The summed E-state index contributed by atoms with van der Waals surface area (Å²) in [7, 11) is 2.02. The fourth-order valence-corrected chi connectivity index (χ4v) is 4.60. The molecular formula is C17H24N4. The standard InChI is InChI=1S/C17H24N4/c1-21-16-9-5-4-8-13(16)14(20-21)10-15(19-18)17-11-6-2-3-7-12(11)17/h4-5,8-9,11-12,15,17,19H,2-3,6-7,10,18H2,1H3. The Kier molecular flexibility index (Phi) is 3.23. The lowest BCUT2D eigenvalue weighted by molar-refractivity contribution is 0.433. The number of aryl methyl sites for hydroxylation is 1. The van der Waals surface area contributed by atoms with Crippen LogP contribution in [0, 0.1) is 17.8 Å². The molecule has 3 N–H and O–H groups in total. The summed E-state index contributed by atoms with van der Waals surface area (Å²) in [6.45, 7) is 0. The van der Waals surface area contributed by atoms with Gasteiger partial charge in [0.2, 0.25) is 0 Å². The zero-order valence-corrected chi connectivity index (χ0v) is 12.6. The van der Waals surface area contributed by atoms with Gasteiger partial charge in [-0.3, -0.25) is 16.0 Å². The number of para-hydroxylation sites is 1. The molecule has 2 fully saturated rings. The van der Waals surface area contributed by atoms with Crippen molar-refractivity contribution in [3.63, 3.8) is 0 Å². The van der Waals surface area contributed by atoms with Gasteiger partial charge in [-0.2, -0.15) is 5.10 Å². The summed E-state index contributed by atoms with van der Waals surface area (Å²) in [5.41, 5.74) is 5.48. The Morgan fingerprint density at radius 2 is 2.00 bits per heavy atom. The van der Waals surface area contributed by atoms with Crippen molar-refractivity contribution in [1.82, 2.24) is 15.2 Å². The second kappa shape index (κ2) is 5.11. The van der Waals surface area contributed by atoms with Crippen molar-refractivity contribution in [3.05, 3.63) is 30.0 Å². The van der Waals surface area contributed by atoms with E-state index in [0.29, 0.717) is 6.04 Å². The van der Waals surface area contributed by atoms with Gasteiger partial charge in [0.05, 0.1) is 11.2 Å². The topological polar surface area (TPSA) is 55.9 Å². The van der Waals surface area contributed by atoms with Gasteiger partial charge in [0, 0.05) is 24.9 Å². The summed E-state index contributed by atoms with van der Waals surface area (Å²) in [6, 6.07) is 8.84. The number of fused-ring (bicyclic) bond motifs is 2. The van der Waals surface area contributed by atoms with Crippen molar-refractivity contribution >= 4 is 10.9 Å². The van der Waals surface area contributed by atoms with Crippen molar-refractivity contribution in [2.75, 3.05) is 0 Å². The van der Waals surface area contributed by atoms with Crippen molar-refractivity contribution in [1.29, 1.82) is 0 Å². The van der Waals surface area contributed by atoms with Crippen molar-refractivity contribution in [2.24, 2.45) is 30.6 Å². The van der Waals surface area contributed by atoms with Crippen molar-refractivity contribution in [3.8, 4) is 0 Å². The van der Waals surface area contributed by atoms with E-state index in [1.807, 2.05) is 11.7 Å². The maximum absolute atomic E-state index is 5.88. The summed E-state index contributed by atoms with van der Waals surface area (Å²) in [5, 5.41) is 5.99. The average Bonchev–Trinajstić information content (AvgIpc) is 3.17. The second-order valence-electron chi connectivity index (χ2n) is 6.75. The molecule has 1 aromatic heterocycles. The van der Waals surface area contributed by atoms with Crippen LogP contribution >= 0.6 is 0 Å². The van der Waals surface area contributed by atoms with Crippen LogP contribution in [0.5, 0.6) is 0 Å². The molecule has 2 aliphatic rings. The predicted octanol–water partition coefficient (Wildman–Crippen LogP) is 2.38. The summed E-state index contributed by atoms with van der Waals surface area (Å²) in [5.74, 6) is 8.47. The first-order valence-corrected chi connectivity index (χ1v) is 8.16. The predicted molar refractivity (Wildman–Crippen MR) is 84.5 cm³/mol. The van der Waals surface area contributed by atoms with E-state index in [4.69, 9.17) is 10.9 Å². The second-order valence-corrected chi connectivity index (χ2v) is 6.75. The van der Waals surface area contributed by atoms with Gasteiger partial charge in [-0.15, -0.1) is 0 Å². The Morgan fingerprint density at radius 1 is 1.29 bits per heavy atom. The number of nitrogens with one attached hydrogen (secondary N) is 1. The van der Waals surface area contributed by atoms with E-state index in [0.717, 1.165) is 24.2 Å². The average molecular weight is 284 g/mol. The van der Waals surface area contributed by atoms with Gasteiger partial charge >= 0.3 is 0 Å². The van der Waals surface area contributed by atoms with Gasteiger partial charge in [-0.25, -0.2) is 0 Å². The smallest absolute Gasteiger partial charge is 0.0719 e. The third kappa shape index (κ3) is 2.17. The first kappa shape index (κ1) is 13.3. The molecular weight excluding hydrogens is 260 g/mol. The molecule has 0 amide bonds. The van der Waals surface area contributed by atoms with Crippen molar-refractivity contribution < 1.29 is 0 Å². The van der Waals surface area contributed by atoms with Gasteiger partial charge in [-0.05, 0) is 36.7 Å². The van der Waals surface area contributed by atoms with Crippen LogP contribution in [0.1, 0.15) is 31.4 Å². The molecule has 0 spiro atoms. The Morgan fingerprint density at radius 3 is 2.71 bits per heavy atom. The molecule has 112 valence electrons. The lowest BCUT2D eigenvalue weighted by Gasteiger charge is -2.15. The minimum Gasteiger partial charge on any atom is -0.271 e. The molecule has 0 radical (unpaired) electrons. The molecule has 4 nitrogen and oxygen atoms in total. The molecule has 3 unspecified atom stereocenters. The largest absolute Gasteiger partial charge is 0.271 e. The fourth-order valence-electron chi connectivity index (χ4n) is 4.60. The molecule has 0 bridgehead atoms. The van der Waals surface area contributed by atoms with E-state index in [-0.39, 0.29) is 0 Å². The maximum Gasteiger partial charge on any atom is 0.0719 e. The van der Waals surface area contributed by atoms with E-state index in [9.17, 15) is 0 Å². The maximum atomic E-state index is 5.88. The first-order valence-electron chi connectivity index (χ1n) is 8.16. The quantitative estimate of drug-likeness (QED) is 0.669. The lowest BCUT2D eigenvalue weighted by atomic mass is 10.0. The summed E-state index contributed by atoms with van der Waals surface area (Å²) in [4.78, 5) is 0. The summed E-state index contributed by atoms with van der Waals surface area (Å²) >= 11 is 0. The number of aromatic nitrogens is 2. The van der Waals surface area contributed by atoms with Crippen LogP contribution in [0.2, 0.25) is 0 Å². The van der Waals surface area contributed by atoms with Crippen LogP contribution in [0.4, 0.5) is 0 Å². The molecule has 4 rings (SSSR count). The summed E-state index contributed by atoms with van der Waals surface area (Å²) < 4.78 is 1.98.